The van der Waals surface area contributed by atoms with Crippen LogP contribution in [0.2, 0.25) is 0 Å². The maximum atomic E-state index is 12.2. The fraction of sp³-hybridized carbons (Fsp3) is 0.769. The monoisotopic (exact) mass is 436 g/mol. The van der Waals surface area contributed by atoms with Crippen LogP contribution in [0.4, 0.5) is 0 Å². The molecule has 5 heteroatoms. The van der Waals surface area contributed by atoms with E-state index in [0.717, 1.165) is 38.7 Å². The minimum Gasteiger partial charge on any atom is -0.463 e. The normalized spacial score (nSPS) is 18.5. The average Bonchev–Trinajstić information content (AvgIpc) is 3.07. The minimum absolute atomic E-state index is 0.0186. The predicted molar refractivity (Wildman–Crippen MR) is 125 cm³/mol. The minimum atomic E-state index is -0.143. The lowest BCUT2D eigenvalue weighted by Gasteiger charge is -2.16. The summed E-state index contributed by atoms with van der Waals surface area (Å²) in [6, 6.07) is 0. The maximum Gasteiger partial charge on any atom is 0.306 e. The van der Waals surface area contributed by atoms with Gasteiger partial charge in [0.1, 0.15) is 0 Å². The predicted octanol–water partition coefficient (Wildman–Crippen LogP) is 5.82. The van der Waals surface area contributed by atoms with E-state index >= 15 is 0 Å². The van der Waals surface area contributed by atoms with E-state index in [9.17, 15) is 9.59 Å². The molecule has 0 aliphatic heterocycles. The summed E-state index contributed by atoms with van der Waals surface area (Å²) >= 11 is 0. The van der Waals surface area contributed by atoms with Crippen LogP contribution >= 0.6 is 0 Å². The first-order chi connectivity index (χ1) is 15.0. The molecule has 2 atom stereocenters. The van der Waals surface area contributed by atoms with Crippen molar-refractivity contribution in [2.75, 3.05) is 26.4 Å². The van der Waals surface area contributed by atoms with Crippen LogP contribution in [0.5, 0.6) is 0 Å². The number of carbonyl (C=O) groups excluding carboxylic acids is 2. The maximum absolute atomic E-state index is 12.2. The standard InChI is InChI=1S/C26H44O5/c1-4-5-6-9-12-18-29-20-21-30-19-17-23-15-16-25(27)24(23)13-10-7-8-11-14-26(28)31-22(2)3/h7,10,15-16,22-24H,4-6,8-9,11-14,17-21H2,1-3H3/b10-7-/t23-,24-/m1/s1. The van der Waals surface area contributed by atoms with E-state index in [0.29, 0.717) is 26.2 Å². The van der Waals surface area contributed by atoms with Gasteiger partial charge in [-0.1, -0.05) is 50.8 Å². The quantitative estimate of drug-likeness (QED) is 0.145. The number of carbonyl (C=O) groups is 2. The zero-order chi connectivity index (χ0) is 22.7. The van der Waals surface area contributed by atoms with E-state index in [1.165, 1.54) is 25.7 Å². The topological polar surface area (TPSA) is 61.8 Å². The van der Waals surface area contributed by atoms with Crippen molar-refractivity contribution in [1.29, 1.82) is 0 Å². The van der Waals surface area contributed by atoms with Crippen LogP contribution in [0.1, 0.15) is 85.0 Å². The molecule has 0 amide bonds. The molecule has 0 aromatic rings. The zero-order valence-corrected chi connectivity index (χ0v) is 20.0. The lowest BCUT2D eigenvalue weighted by molar-refractivity contribution is -0.147. The highest BCUT2D eigenvalue weighted by atomic mass is 16.5. The van der Waals surface area contributed by atoms with Gasteiger partial charge >= 0.3 is 5.97 Å². The molecule has 0 N–H and O–H groups in total. The number of unbranched alkanes of at least 4 members (excludes halogenated alkanes) is 5. The van der Waals surface area contributed by atoms with Gasteiger partial charge in [0, 0.05) is 25.6 Å². The first kappa shape index (κ1) is 27.6. The molecule has 1 rings (SSSR count). The van der Waals surface area contributed by atoms with Gasteiger partial charge in [0.05, 0.1) is 19.3 Å². The zero-order valence-electron chi connectivity index (χ0n) is 20.0. The number of ketones is 1. The largest absolute Gasteiger partial charge is 0.463 e. The van der Waals surface area contributed by atoms with Crippen LogP contribution in [-0.2, 0) is 23.8 Å². The summed E-state index contributed by atoms with van der Waals surface area (Å²) in [5.41, 5.74) is 0. The number of allylic oxidation sites excluding steroid dienone is 4. The molecule has 0 bridgehead atoms. The smallest absolute Gasteiger partial charge is 0.306 e. The van der Waals surface area contributed by atoms with E-state index in [1.807, 2.05) is 19.9 Å². The Morgan fingerprint density at radius 3 is 2.48 bits per heavy atom. The molecule has 31 heavy (non-hydrogen) atoms. The van der Waals surface area contributed by atoms with Gasteiger partial charge in [-0.25, -0.2) is 0 Å². The van der Waals surface area contributed by atoms with Crippen molar-refractivity contribution in [3.63, 3.8) is 0 Å². The molecule has 0 radical (unpaired) electrons. The average molecular weight is 437 g/mol. The molecule has 178 valence electrons. The van der Waals surface area contributed by atoms with Crippen LogP contribution < -0.4 is 0 Å². The van der Waals surface area contributed by atoms with E-state index in [-0.39, 0.29) is 29.7 Å². The first-order valence-electron chi connectivity index (χ1n) is 12.3. The molecule has 1 aliphatic rings. The van der Waals surface area contributed by atoms with Crippen molar-refractivity contribution in [2.24, 2.45) is 11.8 Å². The highest BCUT2D eigenvalue weighted by Crippen LogP contribution is 2.28. The van der Waals surface area contributed by atoms with E-state index in [2.05, 4.69) is 19.1 Å². The molecular weight excluding hydrogens is 392 g/mol. The fourth-order valence-corrected chi connectivity index (χ4v) is 3.67. The van der Waals surface area contributed by atoms with E-state index < -0.39 is 0 Å². The van der Waals surface area contributed by atoms with Crippen LogP contribution in [0.15, 0.2) is 24.3 Å². The summed E-state index contributed by atoms with van der Waals surface area (Å²) in [5.74, 6) is 0.334. The summed E-state index contributed by atoms with van der Waals surface area (Å²) in [6.07, 6.45) is 17.7. The van der Waals surface area contributed by atoms with Crippen LogP contribution in [0.3, 0.4) is 0 Å². The summed E-state index contributed by atoms with van der Waals surface area (Å²) in [7, 11) is 0. The van der Waals surface area contributed by atoms with Gasteiger partial charge in [-0.05, 0) is 57.9 Å². The molecule has 1 aliphatic carbocycles. The molecule has 0 saturated carbocycles. The number of rotatable bonds is 19. The Bertz CT molecular complexity index is 538. The van der Waals surface area contributed by atoms with Gasteiger partial charge in [-0.15, -0.1) is 0 Å². The summed E-state index contributed by atoms with van der Waals surface area (Å²) < 4.78 is 16.4. The van der Waals surface area contributed by atoms with Gasteiger partial charge in [0.15, 0.2) is 5.78 Å². The number of hydrogen-bond donors (Lipinski definition) is 0. The highest BCUT2D eigenvalue weighted by molar-refractivity contribution is 5.94. The molecular formula is C26H44O5. The Morgan fingerprint density at radius 1 is 1.00 bits per heavy atom. The van der Waals surface area contributed by atoms with Gasteiger partial charge in [-0.2, -0.15) is 0 Å². The summed E-state index contributed by atoms with van der Waals surface area (Å²) in [4.78, 5) is 23.7. The number of ether oxygens (including phenoxy) is 3. The van der Waals surface area contributed by atoms with Gasteiger partial charge in [0.2, 0.25) is 0 Å². The van der Waals surface area contributed by atoms with Gasteiger partial charge < -0.3 is 14.2 Å². The second-order valence-corrected chi connectivity index (χ2v) is 8.60. The third kappa shape index (κ3) is 14.3. The summed E-state index contributed by atoms with van der Waals surface area (Å²) in [5, 5.41) is 0. The van der Waals surface area contributed by atoms with Crippen molar-refractivity contribution >= 4 is 11.8 Å². The van der Waals surface area contributed by atoms with Crippen molar-refractivity contribution in [2.45, 2.75) is 91.1 Å². The van der Waals surface area contributed by atoms with Crippen molar-refractivity contribution in [1.82, 2.24) is 0 Å². The Kier molecular flexibility index (Phi) is 16.1. The lowest BCUT2D eigenvalue weighted by Crippen LogP contribution is -2.17. The molecule has 0 aromatic heterocycles. The van der Waals surface area contributed by atoms with Crippen LogP contribution in [-0.4, -0.2) is 44.3 Å². The molecule has 0 spiro atoms. The first-order valence-corrected chi connectivity index (χ1v) is 12.3. The van der Waals surface area contributed by atoms with Crippen molar-refractivity contribution in [3.8, 4) is 0 Å². The Hall–Kier alpha value is -1.46. The fourth-order valence-electron chi connectivity index (χ4n) is 3.67. The third-order valence-corrected chi connectivity index (χ3v) is 5.43. The molecule has 0 unspecified atom stereocenters. The van der Waals surface area contributed by atoms with Gasteiger partial charge in [-0.3, -0.25) is 9.59 Å². The second-order valence-electron chi connectivity index (χ2n) is 8.60. The second kappa shape index (κ2) is 18.1. The molecule has 0 saturated heterocycles. The third-order valence-electron chi connectivity index (χ3n) is 5.43. The Morgan fingerprint density at radius 2 is 1.74 bits per heavy atom. The van der Waals surface area contributed by atoms with E-state index in [4.69, 9.17) is 14.2 Å². The molecule has 0 fully saturated rings. The van der Waals surface area contributed by atoms with Crippen molar-refractivity contribution < 1.29 is 23.8 Å². The number of esters is 1. The SMILES string of the molecule is CCCCCCCOCCOCC[C@H]1C=CC(=O)[C@@H]1C/C=C\CCCC(=O)OC(C)C. The van der Waals surface area contributed by atoms with Gasteiger partial charge in [0.25, 0.3) is 0 Å². The molecule has 5 nitrogen and oxygen atoms in total. The molecule has 0 aromatic carbocycles. The van der Waals surface area contributed by atoms with Crippen LogP contribution in [0, 0.1) is 11.8 Å². The lowest BCUT2D eigenvalue weighted by atomic mass is 9.89. The highest BCUT2D eigenvalue weighted by Gasteiger charge is 2.28. The van der Waals surface area contributed by atoms with Crippen molar-refractivity contribution in [3.05, 3.63) is 24.3 Å². The summed E-state index contributed by atoms with van der Waals surface area (Å²) in [6.45, 7) is 8.67. The number of hydrogen-bond acceptors (Lipinski definition) is 5. The Balaban J connectivity index is 2.07. The molecule has 0 heterocycles. The van der Waals surface area contributed by atoms with Crippen LogP contribution in [0.25, 0.3) is 0 Å². The Labute approximate surface area is 189 Å². The van der Waals surface area contributed by atoms with E-state index in [1.54, 1.807) is 6.08 Å².